The van der Waals surface area contributed by atoms with E-state index >= 15 is 0 Å². The zero-order chi connectivity index (χ0) is 13.5. The molecular formula is C14H27NSi2. The summed E-state index contributed by atoms with van der Waals surface area (Å²) in [6.07, 6.45) is 1.83. The highest BCUT2D eigenvalue weighted by molar-refractivity contribution is 6.90. The fourth-order valence-corrected chi connectivity index (χ4v) is 10.7. The SMILES string of the molecule is C=Cc1ccccc1.C[Si](C)(C)N[Si](C)(C)C. The Labute approximate surface area is 109 Å². The molecule has 3 heteroatoms. The molecule has 0 saturated carbocycles. The first-order valence-electron chi connectivity index (χ1n) is 6.11. The summed E-state index contributed by atoms with van der Waals surface area (Å²) in [5, 5.41) is 0. The minimum Gasteiger partial charge on any atom is -0.360 e. The molecule has 0 atom stereocenters. The van der Waals surface area contributed by atoms with Gasteiger partial charge >= 0.3 is 0 Å². The molecule has 0 amide bonds. The molecule has 96 valence electrons. The van der Waals surface area contributed by atoms with Crippen LogP contribution in [0.25, 0.3) is 6.08 Å². The van der Waals surface area contributed by atoms with Gasteiger partial charge in [-0.2, -0.15) is 0 Å². The van der Waals surface area contributed by atoms with Crippen LogP contribution in [0.15, 0.2) is 36.9 Å². The Morgan fingerprint density at radius 3 is 1.47 bits per heavy atom. The predicted molar refractivity (Wildman–Crippen MR) is 86.4 cm³/mol. The van der Waals surface area contributed by atoms with Crippen LogP contribution in [0.2, 0.25) is 39.3 Å². The Balaban J connectivity index is 0.000000302. The van der Waals surface area contributed by atoms with E-state index < -0.39 is 16.5 Å². The maximum absolute atomic E-state index is 3.74. The highest BCUT2D eigenvalue weighted by atomic mass is 28.4. The van der Waals surface area contributed by atoms with Crippen molar-refractivity contribution in [1.29, 1.82) is 0 Å². The lowest BCUT2D eigenvalue weighted by molar-refractivity contribution is 1.30. The van der Waals surface area contributed by atoms with Gasteiger partial charge in [-0.15, -0.1) is 0 Å². The van der Waals surface area contributed by atoms with Crippen LogP contribution in [-0.4, -0.2) is 16.5 Å². The van der Waals surface area contributed by atoms with E-state index in [-0.39, 0.29) is 0 Å². The molecule has 0 heterocycles. The van der Waals surface area contributed by atoms with Crippen LogP contribution in [0.3, 0.4) is 0 Å². The first-order chi connectivity index (χ1) is 7.64. The largest absolute Gasteiger partial charge is 0.360 e. The topological polar surface area (TPSA) is 12.0 Å². The molecule has 0 bridgehead atoms. The van der Waals surface area contributed by atoms with Gasteiger partial charge in [0.15, 0.2) is 0 Å². The van der Waals surface area contributed by atoms with E-state index in [4.69, 9.17) is 0 Å². The van der Waals surface area contributed by atoms with Gasteiger partial charge < -0.3 is 4.65 Å². The van der Waals surface area contributed by atoms with E-state index in [0.717, 1.165) is 0 Å². The van der Waals surface area contributed by atoms with Gasteiger partial charge in [0.1, 0.15) is 16.5 Å². The van der Waals surface area contributed by atoms with Crippen molar-refractivity contribution < 1.29 is 0 Å². The third kappa shape index (κ3) is 11.6. The highest BCUT2D eigenvalue weighted by Gasteiger charge is 2.22. The molecule has 1 aromatic carbocycles. The lowest BCUT2D eigenvalue weighted by Crippen LogP contribution is -2.55. The smallest absolute Gasteiger partial charge is 0.109 e. The number of hydrogen-bond donors (Lipinski definition) is 1. The summed E-state index contributed by atoms with van der Waals surface area (Å²) < 4.78 is 3.74. The van der Waals surface area contributed by atoms with Gasteiger partial charge in [0.05, 0.1) is 0 Å². The van der Waals surface area contributed by atoms with Gasteiger partial charge in [0.25, 0.3) is 0 Å². The molecule has 0 saturated heterocycles. The summed E-state index contributed by atoms with van der Waals surface area (Å²) in [7, 11) is -1.96. The Bertz CT molecular complexity index is 308. The van der Waals surface area contributed by atoms with Crippen molar-refractivity contribution in [3.05, 3.63) is 42.5 Å². The van der Waals surface area contributed by atoms with E-state index in [0.29, 0.717) is 0 Å². The van der Waals surface area contributed by atoms with Crippen LogP contribution in [-0.2, 0) is 0 Å². The van der Waals surface area contributed by atoms with E-state index in [2.05, 4.69) is 50.5 Å². The average molecular weight is 266 g/mol. The molecule has 1 aromatic rings. The van der Waals surface area contributed by atoms with Crippen molar-refractivity contribution >= 4 is 22.5 Å². The summed E-state index contributed by atoms with van der Waals surface area (Å²) in [5.41, 5.74) is 1.17. The van der Waals surface area contributed by atoms with Crippen molar-refractivity contribution in [3.63, 3.8) is 0 Å². The third-order valence-electron chi connectivity index (χ3n) is 1.79. The molecule has 17 heavy (non-hydrogen) atoms. The predicted octanol–water partition coefficient (Wildman–Crippen LogP) is 4.58. The van der Waals surface area contributed by atoms with Crippen LogP contribution < -0.4 is 4.65 Å². The van der Waals surface area contributed by atoms with Crippen molar-refractivity contribution in [3.8, 4) is 0 Å². The molecule has 0 aliphatic carbocycles. The highest BCUT2D eigenvalue weighted by Crippen LogP contribution is 2.02. The summed E-state index contributed by atoms with van der Waals surface area (Å²) in [5.74, 6) is 0. The zero-order valence-electron chi connectivity index (χ0n) is 12.2. The summed E-state index contributed by atoms with van der Waals surface area (Å²) in [4.78, 5) is 0. The van der Waals surface area contributed by atoms with E-state index in [1.54, 1.807) is 0 Å². The van der Waals surface area contributed by atoms with Gasteiger partial charge in [-0.3, -0.25) is 0 Å². The lowest BCUT2D eigenvalue weighted by Gasteiger charge is -2.28. The van der Waals surface area contributed by atoms with Crippen LogP contribution in [0, 0.1) is 0 Å². The first kappa shape index (κ1) is 16.4. The van der Waals surface area contributed by atoms with Crippen LogP contribution in [0.4, 0.5) is 0 Å². The van der Waals surface area contributed by atoms with Gasteiger partial charge in [0.2, 0.25) is 0 Å². The molecule has 0 aliphatic heterocycles. The summed E-state index contributed by atoms with van der Waals surface area (Å²) >= 11 is 0. The molecular weight excluding hydrogens is 238 g/mol. The van der Waals surface area contributed by atoms with Crippen LogP contribution in [0.1, 0.15) is 5.56 Å². The van der Waals surface area contributed by atoms with Crippen molar-refractivity contribution in [1.82, 2.24) is 4.65 Å². The Morgan fingerprint density at radius 2 is 1.29 bits per heavy atom. The molecule has 1 nitrogen and oxygen atoms in total. The van der Waals surface area contributed by atoms with E-state index in [9.17, 15) is 0 Å². The van der Waals surface area contributed by atoms with Crippen LogP contribution in [0.5, 0.6) is 0 Å². The quantitative estimate of drug-likeness (QED) is 0.789. The fraction of sp³-hybridized carbons (Fsp3) is 0.429. The lowest BCUT2D eigenvalue weighted by atomic mass is 10.2. The van der Waals surface area contributed by atoms with E-state index in [1.165, 1.54) is 5.56 Å². The Morgan fingerprint density at radius 1 is 0.882 bits per heavy atom. The van der Waals surface area contributed by atoms with Crippen LogP contribution >= 0.6 is 0 Å². The second-order valence-corrected chi connectivity index (χ2v) is 16.2. The molecule has 1 rings (SSSR count). The van der Waals surface area contributed by atoms with Gasteiger partial charge in [0, 0.05) is 0 Å². The third-order valence-corrected chi connectivity index (χ3v) is 7.79. The number of benzene rings is 1. The number of nitrogens with one attached hydrogen (secondary N) is 1. The summed E-state index contributed by atoms with van der Waals surface area (Å²) in [6, 6.07) is 10.0. The van der Waals surface area contributed by atoms with Crippen molar-refractivity contribution in [2.75, 3.05) is 0 Å². The van der Waals surface area contributed by atoms with Crippen molar-refractivity contribution in [2.45, 2.75) is 39.3 Å². The molecule has 1 N–H and O–H groups in total. The maximum atomic E-state index is 3.74. The standard InChI is InChI=1S/C8H8.C6H19NSi2/c1-2-8-6-4-3-5-7-8;1-8(2,3)7-9(4,5)6/h2-7H,1H2;7H,1-6H3. The zero-order valence-corrected chi connectivity index (χ0v) is 14.2. The average Bonchev–Trinajstić information content (AvgIpc) is 2.14. The van der Waals surface area contributed by atoms with Gasteiger partial charge in [-0.25, -0.2) is 0 Å². The second kappa shape index (κ2) is 6.94. The van der Waals surface area contributed by atoms with Gasteiger partial charge in [-0.05, 0) is 5.56 Å². The molecule has 0 radical (unpaired) electrons. The normalized spacial score (nSPS) is 11.4. The van der Waals surface area contributed by atoms with Crippen molar-refractivity contribution in [2.24, 2.45) is 0 Å². The Hall–Kier alpha value is -0.646. The minimum atomic E-state index is -0.981. The second-order valence-electron chi connectivity index (χ2n) is 6.24. The molecule has 0 spiro atoms. The van der Waals surface area contributed by atoms with E-state index in [1.807, 2.05) is 36.4 Å². The first-order valence-corrected chi connectivity index (χ1v) is 13.1. The maximum Gasteiger partial charge on any atom is 0.109 e. The molecule has 0 fully saturated rings. The Kier molecular flexibility index (Phi) is 6.67. The number of hydrogen-bond acceptors (Lipinski definition) is 1. The summed E-state index contributed by atoms with van der Waals surface area (Å²) in [6.45, 7) is 17.7. The number of rotatable bonds is 3. The minimum absolute atomic E-state index is 0.981. The molecule has 0 unspecified atom stereocenters. The fourth-order valence-electron chi connectivity index (χ4n) is 1.71. The molecule has 0 aliphatic rings. The van der Waals surface area contributed by atoms with Gasteiger partial charge in [-0.1, -0.05) is 82.3 Å². The molecule has 0 aromatic heterocycles. The monoisotopic (exact) mass is 265 g/mol.